The summed E-state index contributed by atoms with van der Waals surface area (Å²) in [4.78, 5) is 10.5. The van der Waals surface area contributed by atoms with Crippen molar-refractivity contribution in [3.63, 3.8) is 0 Å². The molecule has 0 spiro atoms. The van der Waals surface area contributed by atoms with Crippen molar-refractivity contribution < 1.29 is 14.6 Å². The Kier molecular flexibility index (Phi) is 4.81. The number of carbonyl (C=O) groups is 1. The summed E-state index contributed by atoms with van der Waals surface area (Å²) < 4.78 is 6.66. The highest BCUT2D eigenvalue weighted by atomic mass is 79.9. The maximum Gasteiger partial charge on any atom is 0.328 e. The summed E-state index contributed by atoms with van der Waals surface area (Å²) in [5, 5.41) is 8.64. The molecule has 0 aliphatic rings. The number of hydrogen-bond acceptors (Lipinski definition) is 2. The van der Waals surface area contributed by atoms with E-state index >= 15 is 0 Å². The fraction of sp³-hybridized carbons (Fsp3) is 0.118. The SMILES string of the molecule is Cc1ccc(C)c(Oc2ccc(/C=C/C(=O)O)c(Br)c2)c1. The second-order valence-electron chi connectivity index (χ2n) is 4.73. The predicted octanol–water partition coefficient (Wildman–Crippen LogP) is 4.96. The van der Waals surface area contributed by atoms with Crippen molar-refractivity contribution in [1.29, 1.82) is 0 Å². The van der Waals surface area contributed by atoms with E-state index in [2.05, 4.69) is 15.9 Å². The summed E-state index contributed by atoms with van der Waals surface area (Å²) in [7, 11) is 0. The Balaban J connectivity index is 2.24. The van der Waals surface area contributed by atoms with Crippen LogP contribution in [0.2, 0.25) is 0 Å². The van der Waals surface area contributed by atoms with Gasteiger partial charge in [-0.2, -0.15) is 0 Å². The molecule has 0 fully saturated rings. The van der Waals surface area contributed by atoms with Crippen molar-refractivity contribution in [2.75, 3.05) is 0 Å². The average molecular weight is 347 g/mol. The molecule has 0 heterocycles. The molecule has 0 saturated heterocycles. The summed E-state index contributed by atoms with van der Waals surface area (Å²) >= 11 is 3.42. The quantitative estimate of drug-likeness (QED) is 0.796. The Morgan fingerprint density at radius 2 is 1.95 bits per heavy atom. The first-order valence-corrected chi connectivity index (χ1v) is 7.20. The van der Waals surface area contributed by atoms with Gasteiger partial charge in [0.25, 0.3) is 0 Å². The summed E-state index contributed by atoms with van der Waals surface area (Å²) in [6.07, 6.45) is 2.64. The lowest BCUT2D eigenvalue weighted by atomic mass is 10.1. The Bertz CT molecular complexity index is 705. The van der Waals surface area contributed by atoms with Crippen LogP contribution in [0.3, 0.4) is 0 Å². The van der Waals surface area contributed by atoms with Crippen LogP contribution in [0.4, 0.5) is 0 Å². The van der Waals surface area contributed by atoms with Gasteiger partial charge in [-0.15, -0.1) is 0 Å². The van der Waals surface area contributed by atoms with E-state index in [-0.39, 0.29) is 0 Å². The number of rotatable bonds is 4. The summed E-state index contributed by atoms with van der Waals surface area (Å²) in [5.74, 6) is 0.538. The third kappa shape index (κ3) is 4.20. The van der Waals surface area contributed by atoms with Gasteiger partial charge >= 0.3 is 5.97 Å². The molecular weight excluding hydrogens is 332 g/mol. The van der Waals surface area contributed by atoms with Gasteiger partial charge in [-0.1, -0.05) is 34.1 Å². The van der Waals surface area contributed by atoms with Crippen LogP contribution in [0, 0.1) is 13.8 Å². The number of benzene rings is 2. The van der Waals surface area contributed by atoms with E-state index < -0.39 is 5.97 Å². The highest BCUT2D eigenvalue weighted by Gasteiger charge is 2.04. The highest BCUT2D eigenvalue weighted by Crippen LogP contribution is 2.30. The molecule has 108 valence electrons. The van der Waals surface area contributed by atoms with Crippen LogP contribution < -0.4 is 4.74 Å². The molecule has 0 saturated carbocycles. The van der Waals surface area contributed by atoms with Crippen LogP contribution in [-0.2, 0) is 4.79 Å². The number of carboxylic acids is 1. The van der Waals surface area contributed by atoms with Crippen molar-refractivity contribution in [2.24, 2.45) is 0 Å². The van der Waals surface area contributed by atoms with Crippen LogP contribution in [-0.4, -0.2) is 11.1 Å². The van der Waals surface area contributed by atoms with Crippen LogP contribution >= 0.6 is 15.9 Å². The molecule has 21 heavy (non-hydrogen) atoms. The lowest BCUT2D eigenvalue weighted by Gasteiger charge is -2.10. The first-order valence-electron chi connectivity index (χ1n) is 6.41. The molecular formula is C17H15BrO3. The van der Waals surface area contributed by atoms with Crippen molar-refractivity contribution in [2.45, 2.75) is 13.8 Å². The van der Waals surface area contributed by atoms with E-state index in [1.807, 2.05) is 50.2 Å². The Morgan fingerprint density at radius 3 is 2.62 bits per heavy atom. The van der Waals surface area contributed by atoms with E-state index in [9.17, 15) is 4.79 Å². The molecule has 1 N–H and O–H groups in total. The molecule has 0 aromatic heterocycles. The molecule has 0 aliphatic carbocycles. The molecule has 2 rings (SSSR count). The number of ether oxygens (including phenoxy) is 1. The topological polar surface area (TPSA) is 46.5 Å². The molecule has 0 unspecified atom stereocenters. The minimum absolute atomic E-state index is 0.697. The van der Waals surface area contributed by atoms with Crippen LogP contribution in [0.25, 0.3) is 6.08 Å². The van der Waals surface area contributed by atoms with E-state index in [0.29, 0.717) is 5.75 Å². The zero-order valence-electron chi connectivity index (χ0n) is 11.8. The van der Waals surface area contributed by atoms with Crippen molar-refractivity contribution >= 4 is 28.0 Å². The van der Waals surface area contributed by atoms with Crippen LogP contribution in [0.5, 0.6) is 11.5 Å². The van der Waals surface area contributed by atoms with Crippen molar-refractivity contribution in [3.05, 3.63) is 63.6 Å². The van der Waals surface area contributed by atoms with Crippen molar-refractivity contribution in [1.82, 2.24) is 0 Å². The third-order valence-corrected chi connectivity index (χ3v) is 3.64. The lowest BCUT2D eigenvalue weighted by molar-refractivity contribution is -0.131. The van der Waals surface area contributed by atoms with Crippen LogP contribution in [0.1, 0.15) is 16.7 Å². The molecule has 0 atom stereocenters. The largest absolute Gasteiger partial charge is 0.478 e. The molecule has 0 radical (unpaired) electrons. The number of halogens is 1. The van der Waals surface area contributed by atoms with Crippen molar-refractivity contribution in [3.8, 4) is 11.5 Å². The minimum Gasteiger partial charge on any atom is -0.478 e. The standard InChI is InChI=1S/C17H15BrO3/c1-11-3-4-12(2)16(9-11)21-14-7-5-13(15(18)10-14)6-8-17(19)20/h3-10H,1-2H3,(H,19,20)/b8-6+. The van der Waals surface area contributed by atoms with Gasteiger partial charge in [0.1, 0.15) is 11.5 Å². The first kappa shape index (κ1) is 15.3. The molecule has 2 aromatic rings. The van der Waals surface area contributed by atoms with E-state index in [4.69, 9.17) is 9.84 Å². The minimum atomic E-state index is -0.974. The average Bonchev–Trinajstić information content (AvgIpc) is 2.42. The third-order valence-electron chi connectivity index (χ3n) is 2.95. The summed E-state index contributed by atoms with van der Waals surface area (Å²) in [6.45, 7) is 4.01. The fourth-order valence-electron chi connectivity index (χ4n) is 1.81. The van der Waals surface area contributed by atoms with E-state index in [0.717, 1.165) is 33.0 Å². The highest BCUT2D eigenvalue weighted by molar-refractivity contribution is 9.10. The number of hydrogen-bond donors (Lipinski definition) is 1. The van der Waals surface area contributed by atoms with Gasteiger partial charge < -0.3 is 9.84 Å². The van der Waals surface area contributed by atoms with Crippen LogP contribution in [0.15, 0.2) is 46.9 Å². The molecule has 4 heteroatoms. The second kappa shape index (κ2) is 6.59. The van der Waals surface area contributed by atoms with Gasteiger partial charge in [0, 0.05) is 10.5 Å². The first-order chi connectivity index (χ1) is 9.95. The number of aryl methyl sites for hydroxylation is 2. The lowest BCUT2D eigenvalue weighted by Crippen LogP contribution is -1.90. The maximum absolute atomic E-state index is 10.5. The van der Waals surface area contributed by atoms with Gasteiger partial charge in [-0.05, 0) is 54.8 Å². The molecule has 0 bridgehead atoms. The number of aliphatic carboxylic acids is 1. The zero-order chi connectivity index (χ0) is 15.4. The van der Waals surface area contributed by atoms with Gasteiger partial charge in [0.05, 0.1) is 0 Å². The van der Waals surface area contributed by atoms with Gasteiger partial charge in [0.15, 0.2) is 0 Å². The Labute approximate surface area is 132 Å². The number of carboxylic acid groups (broad SMARTS) is 1. The smallest absolute Gasteiger partial charge is 0.328 e. The van der Waals surface area contributed by atoms with Gasteiger partial charge in [-0.3, -0.25) is 0 Å². The summed E-state index contributed by atoms with van der Waals surface area (Å²) in [6, 6.07) is 11.5. The Morgan fingerprint density at radius 1 is 1.19 bits per heavy atom. The Hall–Kier alpha value is -2.07. The van der Waals surface area contributed by atoms with Gasteiger partial charge in [-0.25, -0.2) is 4.79 Å². The predicted molar refractivity (Wildman–Crippen MR) is 86.8 cm³/mol. The molecule has 3 nitrogen and oxygen atoms in total. The molecule has 2 aromatic carbocycles. The second-order valence-corrected chi connectivity index (χ2v) is 5.58. The normalized spacial score (nSPS) is 10.8. The zero-order valence-corrected chi connectivity index (χ0v) is 13.3. The van der Waals surface area contributed by atoms with E-state index in [1.54, 1.807) is 0 Å². The molecule has 0 aliphatic heterocycles. The van der Waals surface area contributed by atoms with E-state index in [1.165, 1.54) is 6.08 Å². The maximum atomic E-state index is 10.5. The fourth-order valence-corrected chi connectivity index (χ4v) is 2.30. The van der Waals surface area contributed by atoms with Gasteiger partial charge in [0.2, 0.25) is 0 Å². The summed E-state index contributed by atoms with van der Waals surface area (Å²) in [5.41, 5.74) is 2.98. The monoisotopic (exact) mass is 346 g/mol. The molecule has 0 amide bonds.